The maximum Gasteiger partial charge on any atom is 0.294 e. The van der Waals surface area contributed by atoms with Crippen LogP contribution in [-0.2, 0) is 5.41 Å². The predicted molar refractivity (Wildman–Crippen MR) is 63.2 cm³/mol. The first-order valence-electron chi connectivity index (χ1n) is 5.69. The highest BCUT2D eigenvalue weighted by Crippen LogP contribution is 2.33. The Morgan fingerprint density at radius 3 is 2.59 bits per heavy atom. The molecule has 0 spiro atoms. The van der Waals surface area contributed by atoms with Crippen molar-refractivity contribution in [1.82, 2.24) is 4.98 Å². The SMILES string of the molecule is CC(C)(C)c1ncc(OC2CC2)cc1[N+](=O)[O-]. The highest BCUT2D eigenvalue weighted by atomic mass is 16.6. The van der Waals surface area contributed by atoms with Gasteiger partial charge < -0.3 is 4.74 Å². The number of rotatable bonds is 3. The number of ether oxygens (including phenoxy) is 1. The van der Waals surface area contributed by atoms with E-state index in [1.807, 2.05) is 20.8 Å². The van der Waals surface area contributed by atoms with Crippen LogP contribution in [0.25, 0.3) is 0 Å². The monoisotopic (exact) mass is 236 g/mol. The molecule has 1 aliphatic rings. The molecule has 1 saturated carbocycles. The van der Waals surface area contributed by atoms with Gasteiger partial charge in [-0.3, -0.25) is 10.1 Å². The molecule has 5 heteroatoms. The standard InChI is InChI=1S/C12H16N2O3/c1-12(2,3)11-10(14(15)16)6-9(7-13-11)17-8-4-5-8/h6-8H,4-5H2,1-3H3. The van der Waals surface area contributed by atoms with E-state index in [2.05, 4.69) is 4.98 Å². The molecule has 1 aromatic heterocycles. The van der Waals surface area contributed by atoms with E-state index in [1.165, 1.54) is 6.07 Å². The zero-order chi connectivity index (χ0) is 12.6. The van der Waals surface area contributed by atoms with Crippen molar-refractivity contribution < 1.29 is 9.66 Å². The fourth-order valence-electron chi connectivity index (χ4n) is 1.59. The summed E-state index contributed by atoms with van der Waals surface area (Å²) in [4.78, 5) is 14.8. The van der Waals surface area contributed by atoms with Crippen LogP contribution in [0.3, 0.4) is 0 Å². The second-order valence-electron chi connectivity index (χ2n) is 5.36. The first kappa shape index (κ1) is 11.8. The maximum absolute atomic E-state index is 11.0. The number of hydrogen-bond donors (Lipinski definition) is 0. The van der Waals surface area contributed by atoms with Gasteiger partial charge in [0.2, 0.25) is 0 Å². The second kappa shape index (κ2) is 3.98. The number of aromatic nitrogens is 1. The molecule has 17 heavy (non-hydrogen) atoms. The van der Waals surface area contributed by atoms with Crippen LogP contribution in [0.5, 0.6) is 5.75 Å². The third-order valence-electron chi connectivity index (χ3n) is 2.58. The van der Waals surface area contributed by atoms with E-state index in [0.29, 0.717) is 11.4 Å². The zero-order valence-electron chi connectivity index (χ0n) is 10.3. The Balaban J connectivity index is 2.36. The van der Waals surface area contributed by atoms with E-state index < -0.39 is 4.92 Å². The Morgan fingerprint density at radius 2 is 2.12 bits per heavy atom. The molecule has 1 fully saturated rings. The van der Waals surface area contributed by atoms with Crippen molar-refractivity contribution in [3.05, 3.63) is 28.1 Å². The molecule has 0 aliphatic heterocycles. The minimum Gasteiger partial charge on any atom is -0.489 e. The molecule has 92 valence electrons. The van der Waals surface area contributed by atoms with Crippen molar-refractivity contribution in [3.63, 3.8) is 0 Å². The predicted octanol–water partition coefficient (Wildman–Crippen LogP) is 2.83. The molecular weight excluding hydrogens is 220 g/mol. The molecule has 0 aromatic carbocycles. The molecular formula is C12H16N2O3. The minimum atomic E-state index is -0.395. The van der Waals surface area contributed by atoms with Gasteiger partial charge in [-0.05, 0) is 12.8 Å². The van der Waals surface area contributed by atoms with Crippen LogP contribution in [0.1, 0.15) is 39.3 Å². The Hall–Kier alpha value is -1.65. The summed E-state index contributed by atoms with van der Waals surface area (Å²) in [7, 11) is 0. The van der Waals surface area contributed by atoms with Crippen molar-refractivity contribution in [2.75, 3.05) is 0 Å². The Labute approximate surface area is 100.0 Å². The summed E-state index contributed by atoms with van der Waals surface area (Å²) in [6.07, 6.45) is 3.84. The van der Waals surface area contributed by atoms with Crippen LogP contribution >= 0.6 is 0 Å². The van der Waals surface area contributed by atoms with E-state index in [-0.39, 0.29) is 17.2 Å². The minimum absolute atomic E-state index is 0.0376. The Morgan fingerprint density at radius 1 is 1.47 bits per heavy atom. The van der Waals surface area contributed by atoms with Gasteiger partial charge >= 0.3 is 0 Å². The normalized spacial score (nSPS) is 15.7. The van der Waals surface area contributed by atoms with Crippen LogP contribution in [0, 0.1) is 10.1 Å². The second-order valence-corrected chi connectivity index (χ2v) is 5.36. The fraction of sp³-hybridized carbons (Fsp3) is 0.583. The summed E-state index contributed by atoms with van der Waals surface area (Å²) >= 11 is 0. The van der Waals surface area contributed by atoms with Crippen molar-refractivity contribution in [3.8, 4) is 5.75 Å². The lowest BCUT2D eigenvalue weighted by molar-refractivity contribution is -0.386. The molecule has 5 nitrogen and oxygen atoms in total. The molecule has 0 N–H and O–H groups in total. The highest BCUT2D eigenvalue weighted by Gasteiger charge is 2.29. The van der Waals surface area contributed by atoms with E-state index in [4.69, 9.17) is 4.74 Å². The molecule has 0 amide bonds. The summed E-state index contributed by atoms with van der Waals surface area (Å²) < 4.78 is 5.52. The van der Waals surface area contributed by atoms with Gasteiger partial charge in [-0.1, -0.05) is 20.8 Å². The summed E-state index contributed by atoms with van der Waals surface area (Å²) in [5.41, 5.74) is 0.182. The van der Waals surface area contributed by atoms with Gasteiger partial charge in [-0.25, -0.2) is 4.98 Å². The molecule has 1 heterocycles. The molecule has 1 aliphatic carbocycles. The number of hydrogen-bond acceptors (Lipinski definition) is 4. The van der Waals surface area contributed by atoms with Crippen LogP contribution < -0.4 is 4.74 Å². The Kier molecular flexibility index (Phi) is 2.77. The van der Waals surface area contributed by atoms with Crippen molar-refractivity contribution in [2.45, 2.75) is 45.1 Å². The lowest BCUT2D eigenvalue weighted by Gasteiger charge is -2.17. The van der Waals surface area contributed by atoms with E-state index >= 15 is 0 Å². The lowest BCUT2D eigenvalue weighted by Crippen LogP contribution is -2.16. The van der Waals surface area contributed by atoms with Crippen LogP contribution in [0.2, 0.25) is 0 Å². The summed E-state index contributed by atoms with van der Waals surface area (Å²) in [5, 5.41) is 11.0. The highest BCUT2D eigenvalue weighted by molar-refractivity contribution is 5.44. The Bertz CT molecular complexity index is 448. The van der Waals surface area contributed by atoms with E-state index in [1.54, 1.807) is 6.20 Å². The van der Waals surface area contributed by atoms with Crippen molar-refractivity contribution in [2.24, 2.45) is 0 Å². The third kappa shape index (κ3) is 2.72. The largest absolute Gasteiger partial charge is 0.489 e. The van der Waals surface area contributed by atoms with Crippen LogP contribution in [0.4, 0.5) is 5.69 Å². The molecule has 0 bridgehead atoms. The fourth-order valence-corrected chi connectivity index (χ4v) is 1.59. The number of pyridine rings is 1. The quantitative estimate of drug-likeness (QED) is 0.598. The molecule has 2 rings (SSSR count). The lowest BCUT2D eigenvalue weighted by atomic mass is 9.90. The van der Waals surface area contributed by atoms with Crippen LogP contribution in [-0.4, -0.2) is 16.0 Å². The zero-order valence-corrected chi connectivity index (χ0v) is 10.3. The third-order valence-corrected chi connectivity index (χ3v) is 2.58. The van der Waals surface area contributed by atoms with Gasteiger partial charge in [0, 0.05) is 5.41 Å². The van der Waals surface area contributed by atoms with E-state index in [0.717, 1.165) is 12.8 Å². The van der Waals surface area contributed by atoms with E-state index in [9.17, 15) is 10.1 Å². The maximum atomic E-state index is 11.0. The topological polar surface area (TPSA) is 65.3 Å². The van der Waals surface area contributed by atoms with Crippen molar-refractivity contribution in [1.29, 1.82) is 0 Å². The average Bonchev–Trinajstić information content (AvgIpc) is 2.99. The smallest absolute Gasteiger partial charge is 0.294 e. The summed E-state index contributed by atoms with van der Waals surface area (Å²) in [6.45, 7) is 5.72. The first-order chi connectivity index (χ1) is 7.88. The first-order valence-corrected chi connectivity index (χ1v) is 5.69. The van der Waals surface area contributed by atoms with Crippen molar-refractivity contribution >= 4 is 5.69 Å². The average molecular weight is 236 g/mol. The molecule has 1 aromatic rings. The van der Waals surface area contributed by atoms with Crippen LogP contribution in [0.15, 0.2) is 12.3 Å². The van der Waals surface area contributed by atoms with Gasteiger partial charge in [0.15, 0.2) is 0 Å². The van der Waals surface area contributed by atoms with Gasteiger partial charge in [0.25, 0.3) is 5.69 Å². The van der Waals surface area contributed by atoms with Gasteiger partial charge in [0.05, 0.1) is 23.3 Å². The molecule has 0 radical (unpaired) electrons. The van der Waals surface area contributed by atoms with Gasteiger partial charge in [-0.15, -0.1) is 0 Å². The van der Waals surface area contributed by atoms with Gasteiger partial charge in [-0.2, -0.15) is 0 Å². The number of nitro groups is 1. The molecule has 0 unspecified atom stereocenters. The van der Waals surface area contributed by atoms with Gasteiger partial charge in [0.1, 0.15) is 11.4 Å². The molecule has 0 atom stereocenters. The summed E-state index contributed by atoms with van der Waals surface area (Å²) in [5.74, 6) is 0.493. The number of nitrogens with zero attached hydrogens (tertiary/aromatic N) is 2. The summed E-state index contributed by atoms with van der Waals surface area (Å²) in [6, 6.07) is 1.48. The molecule has 0 saturated heterocycles.